The van der Waals surface area contributed by atoms with Crippen molar-refractivity contribution < 1.29 is 22.7 Å². The van der Waals surface area contributed by atoms with E-state index in [1.54, 1.807) is 31.7 Å². The maximum atomic E-state index is 12.5. The molecule has 1 aromatic carbocycles. The number of amides is 1. The molecule has 1 aliphatic carbocycles. The summed E-state index contributed by atoms with van der Waals surface area (Å²) in [4.78, 5) is 26.5. The highest BCUT2D eigenvalue weighted by Gasteiger charge is 2.22. The zero-order chi connectivity index (χ0) is 20.9. The molecule has 1 N–H and O–H groups in total. The number of aryl methyl sites for hydroxylation is 1. The van der Waals surface area contributed by atoms with Crippen LogP contribution in [0.25, 0.3) is 0 Å². The van der Waals surface area contributed by atoms with Crippen LogP contribution in [0.4, 0.5) is 0 Å². The van der Waals surface area contributed by atoms with Crippen LogP contribution in [0.15, 0.2) is 34.9 Å². The summed E-state index contributed by atoms with van der Waals surface area (Å²) in [6, 6.07) is 4.00. The Balaban J connectivity index is 2.11. The Morgan fingerprint density at radius 2 is 2.00 bits per heavy atom. The van der Waals surface area contributed by atoms with Crippen molar-refractivity contribution in [3.05, 3.63) is 41.1 Å². The molecule has 0 spiro atoms. The van der Waals surface area contributed by atoms with Crippen molar-refractivity contribution in [2.24, 2.45) is 0 Å². The smallest absolute Gasteiger partial charge is 0.338 e. The second kappa shape index (κ2) is 9.34. The maximum Gasteiger partial charge on any atom is 0.338 e. The largest absolute Gasteiger partial charge is 0.452 e. The standard InChI is InChI=1S/C20H28N2O5S/c1-5-22(16-8-6-7-9-16)19(23)13-27-20(24)18-12-17(11-10-15(18)4)28(25,26)21-14(2)3/h8,10-12,14,21H,5-7,9,13H2,1-4H3. The predicted molar refractivity (Wildman–Crippen MR) is 106 cm³/mol. The summed E-state index contributed by atoms with van der Waals surface area (Å²) in [6.07, 6.45) is 4.84. The van der Waals surface area contributed by atoms with Crippen LogP contribution < -0.4 is 4.72 Å². The first-order chi connectivity index (χ1) is 13.2. The Hall–Kier alpha value is -2.19. The number of hydrogen-bond acceptors (Lipinski definition) is 5. The molecule has 0 fully saturated rings. The lowest BCUT2D eigenvalue weighted by Gasteiger charge is -2.22. The number of rotatable bonds is 8. The topological polar surface area (TPSA) is 92.8 Å². The molecule has 0 bridgehead atoms. The molecule has 0 saturated carbocycles. The highest BCUT2D eigenvalue weighted by molar-refractivity contribution is 7.89. The molecule has 1 aromatic rings. The number of hydrogen-bond donors (Lipinski definition) is 1. The van der Waals surface area contributed by atoms with Gasteiger partial charge in [0.05, 0.1) is 10.5 Å². The quantitative estimate of drug-likeness (QED) is 0.668. The van der Waals surface area contributed by atoms with Gasteiger partial charge in [-0.2, -0.15) is 0 Å². The molecule has 0 saturated heterocycles. The summed E-state index contributed by atoms with van der Waals surface area (Å²) >= 11 is 0. The van der Waals surface area contributed by atoms with Gasteiger partial charge in [-0.1, -0.05) is 12.1 Å². The third-order valence-electron chi connectivity index (χ3n) is 4.44. The second-order valence-corrected chi connectivity index (χ2v) is 8.77. The second-order valence-electron chi connectivity index (χ2n) is 7.05. The minimum Gasteiger partial charge on any atom is -0.452 e. The van der Waals surface area contributed by atoms with E-state index in [0.29, 0.717) is 12.1 Å². The number of nitrogens with one attached hydrogen (secondary N) is 1. The third-order valence-corrected chi connectivity index (χ3v) is 6.09. The fourth-order valence-corrected chi connectivity index (χ4v) is 4.37. The number of esters is 1. The number of carbonyl (C=O) groups excluding carboxylic acids is 2. The zero-order valence-electron chi connectivity index (χ0n) is 16.8. The van der Waals surface area contributed by atoms with Crippen molar-refractivity contribution in [1.82, 2.24) is 9.62 Å². The summed E-state index contributed by atoms with van der Waals surface area (Å²) in [5, 5.41) is 0. The fourth-order valence-electron chi connectivity index (χ4n) is 3.09. The van der Waals surface area contributed by atoms with Crippen LogP contribution in [0.3, 0.4) is 0 Å². The van der Waals surface area contributed by atoms with Crippen LogP contribution in [0, 0.1) is 6.92 Å². The first-order valence-electron chi connectivity index (χ1n) is 9.45. The molecule has 154 valence electrons. The van der Waals surface area contributed by atoms with Gasteiger partial charge in [-0.05, 0) is 64.7 Å². The lowest BCUT2D eigenvalue weighted by molar-refractivity contribution is -0.132. The monoisotopic (exact) mass is 408 g/mol. The molecule has 0 heterocycles. The number of ether oxygens (including phenoxy) is 1. The maximum absolute atomic E-state index is 12.5. The van der Waals surface area contributed by atoms with E-state index < -0.39 is 16.0 Å². The van der Waals surface area contributed by atoms with Gasteiger partial charge in [-0.15, -0.1) is 0 Å². The zero-order valence-corrected chi connectivity index (χ0v) is 17.6. The minimum atomic E-state index is -3.73. The Bertz CT molecular complexity index is 875. The fraction of sp³-hybridized carbons (Fsp3) is 0.500. The van der Waals surface area contributed by atoms with Gasteiger partial charge in [-0.3, -0.25) is 4.79 Å². The summed E-state index contributed by atoms with van der Waals surface area (Å²) in [6.45, 7) is 7.11. The van der Waals surface area contributed by atoms with Gasteiger partial charge >= 0.3 is 5.97 Å². The molecular weight excluding hydrogens is 380 g/mol. The highest BCUT2D eigenvalue weighted by atomic mass is 32.2. The molecule has 28 heavy (non-hydrogen) atoms. The van der Waals surface area contributed by atoms with Gasteiger partial charge in [0.1, 0.15) is 0 Å². The number of benzene rings is 1. The normalized spacial score (nSPS) is 14.1. The van der Waals surface area contributed by atoms with Gasteiger partial charge in [0.2, 0.25) is 10.0 Å². The average molecular weight is 409 g/mol. The Kier molecular flexibility index (Phi) is 7.37. The molecule has 8 heteroatoms. The van der Waals surface area contributed by atoms with Gasteiger partial charge in [-0.25, -0.2) is 17.9 Å². The lowest BCUT2D eigenvalue weighted by atomic mass is 10.1. The van der Waals surface area contributed by atoms with Crippen molar-refractivity contribution in [3.63, 3.8) is 0 Å². The van der Waals surface area contributed by atoms with Crippen molar-refractivity contribution in [3.8, 4) is 0 Å². The van der Waals surface area contributed by atoms with E-state index in [-0.39, 0.29) is 29.0 Å². The van der Waals surface area contributed by atoms with Crippen LogP contribution in [0.2, 0.25) is 0 Å². The number of carbonyl (C=O) groups is 2. The molecule has 0 atom stereocenters. The van der Waals surface area contributed by atoms with E-state index >= 15 is 0 Å². The van der Waals surface area contributed by atoms with Crippen molar-refractivity contribution in [2.45, 2.75) is 57.9 Å². The molecule has 1 amide bonds. The summed E-state index contributed by atoms with van der Waals surface area (Å²) in [5.74, 6) is -1.00. The van der Waals surface area contributed by atoms with E-state index in [2.05, 4.69) is 4.72 Å². The predicted octanol–water partition coefficient (Wildman–Crippen LogP) is 2.75. The van der Waals surface area contributed by atoms with Gasteiger partial charge < -0.3 is 9.64 Å². The Morgan fingerprint density at radius 1 is 1.29 bits per heavy atom. The van der Waals surface area contributed by atoms with Crippen molar-refractivity contribution in [2.75, 3.05) is 13.2 Å². The number of allylic oxidation sites excluding steroid dienone is 2. The molecule has 1 aliphatic rings. The SMILES string of the molecule is CCN(C(=O)COC(=O)c1cc(S(=O)(=O)NC(C)C)ccc1C)C1=CCCC1. The van der Waals surface area contributed by atoms with Gasteiger partial charge in [0.25, 0.3) is 5.91 Å². The first kappa shape index (κ1) is 22.1. The van der Waals surface area contributed by atoms with Crippen molar-refractivity contribution in [1.29, 1.82) is 0 Å². The van der Waals surface area contributed by atoms with Gasteiger partial charge in [0.15, 0.2) is 6.61 Å². The Labute approximate surface area is 166 Å². The molecule has 7 nitrogen and oxygen atoms in total. The molecule has 0 radical (unpaired) electrons. The van der Waals surface area contributed by atoms with Crippen LogP contribution in [-0.4, -0.2) is 44.4 Å². The minimum absolute atomic E-state index is 0.0172. The van der Waals surface area contributed by atoms with E-state index in [1.165, 1.54) is 12.1 Å². The number of sulfonamides is 1. The summed E-state index contributed by atoms with van der Waals surface area (Å²) < 4.78 is 32.3. The summed E-state index contributed by atoms with van der Waals surface area (Å²) in [7, 11) is -3.73. The van der Waals surface area contributed by atoms with Gasteiger partial charge in [0, 0.05) is 18.3 Å². The molecule has 0 aromatic heterocycles. The van der Waals surface area contributed by atoms with E-state index in [4.69, 9.17) is 4.74 Å². The molecular formula is C20H28N2O5S. The van der Waals surface area contributed by atoms with E-state index in [0.717, 1.165) is 25.0 Å². The van der Waals surface area contributed by atoms with Crippen LogP contribution in [-0.2, 0) is 19.6 Å². The van der Waals surface area contributed by atoms with Crippen LogP contribution in [0.5, 0.6) is 0 Å². The van der Waals surface area contributed by atoms with Crippen molar-refractivity contribution >= 4 is 21.9 Å². The Morgan fingerprint density at radius 3 is 2.57 bits per heavy atom. The molecule has 2 rings (SSSR count). The van der Waals surface area contributed by atoms with Crippen LogP contribution in [0.1, 0.15) is 56.0 Å². The van der Waals surface area contributed by atoms with E-state index in [9.17, 15) is 18.0 Å². The number of nitrogens with zero attached hydrogens (tertiary/aromatic N) is 1. The molecule has 0 aliphatic heterocycles. The molecule has 0 unspecified atom stereocenters. The highest BCUT2D eigenvalue weighted by Crippen LogP contribution is 2.22. The first-order valence-corrected chi connectivity index (χ1v) is 10.9. The lowest BCUT2D eigenvalue weighted by Crippen LogP contribution is -2.33. The average Bonchev–Trinajstić information content (AvgIpc) is 3.13. The van der Waals surface area contributed by atoms with E-state index in [1.807, 2.05) is 13.0 Å². The van der Waals surface area contributed by atoms with Crippen LogP contribution >= 0.6 is 0 Å². The third kappa shape index (κ3) is 5.42. The summed E-state index contributed by atoms with van der Waals surface area (Å²) in [5.41, 5.74) is 1.67. The number of likely N-dealkylation sites (N-methyl/N-ethyl adjacent to an activating group) is 1.